The highest BCUT2D eigenvalue weighted by molar-refractivity contribution is 5.42. The summed E-state index contributed by atoms with van der Waals surface area (Å²) in [6.07, 6.45) is 2.66. The van der Waals surface area contributed by atoms with Crippen LogP contribution in [0.5, 0.6) is 0 Å². The minimum atomic E-state index is 0.849. The third-order valence-corrected chi connectivity index (χ3v) is 3.21. The maximum Gasteiger partial charge on any atom is 0.0340 e. The zero-order chi connectivity index (χ0) is 10.5. The van der Waals surface area contributed by atoms with Gasteiger partial charge in [-0.3, -0.25) is 0 Å². The van der Waals surface area contributed by atoms with Crippen molar-refractivity contribution in [3.05, 3.63) is 30.3 Å². The molecule has 1 saturated heterocycles. The van der Waals surface area contributed by atoms with Crippen molar-refractivity contribution in [1.82, 2.24) is 4.90 Å². The SMILES string of the molecule is CN1CCC(CNc2ccccc2)CC1. The fourth-order valence-corrected chi connectivity index (χ4v) is 2.08. The second-order valence-corrected chi connectivity index (χ2v) is 4.49. The molecule has 0 aromatic heterocycles. The van der Waals surface area contributed by atoms with Crippen LogP contribution in [0.1, 0.15) is 12.8 Å². The van der Waals surface area contributed by atoms with Gasteiger partial charge in [0.05, 0.1) is 0 Å². The topological polar surface area (TPSA) is 15.3 Å². The lowest BCUT2D eigenvalue weighted by Gasteiger charge is -2.29. The van der Waals surface area contributed by atoms with Gasteiger partial charge < -0.3 is 10.2 Å². The van der Waals surface area contributed by atoms with Crippen molar-refractivity contribution >= 4 is 5.69 Å². The van der Waals surface area contributed by atoms with Gasteiger partial charge in [-0.05, 0) is 51.0 Å². The van der Waals surface area contributed by atoms with Crippen LogP contribution in [0.3, 0.4) is 0 Å². The number of hydrogen-bond donors (Lipinski definition) is 1. The van der Waals surface area contributed by atoms with E-state index in [-0.39, 0.29) is 0 Å². The first kappa shape index (κ1) is 10.5. The van der Waals surface area contributed by atoms with Crippen molar-refractivity contribution in [2.45, 2.75) is 12.8 Å². The summed E-state index contributed by atoms with van der Waals surface area (Å²) in [5.41, 5.74) is 1.25. The summed E-state index contributed by atoms with van der Waals surface area (Å²) in [4.78, 5) is 2.42. The molecule has 1 N–H and O–H groups in total. The molecule has 1 aromatic carbocycles. The average Bonchev–Trinajstić information content (AvgIpc) is 2.30. The van der Waals surface area contributed by atoms with Crippen molar-refractivity contribution in [2.75, 3.05) is 32.0 Å². The van der Waals surface area contributed by atoms with Crippen LogP contribution in [-0.4, -0.2) is 31.6 Å². The highest BCUT2D eigenvalue weighted by Gasteiger charge is 2.15. The standard InChI is InChI=1S/C13H20N2/c1-15-9-7-12(8-10-15)11-14-13-5-3-2-4-6-13/h2-6,12,14H,7-11H2,1H3. The molecule has 0 radical (unpaired) electrons. The largest absolute Gasteiger partial charge is 0.385 e. The summed E-state index contributed by atoms with van der Waals surface area (Å²) in [7, 11) is 2.21. The number of likely N-dealkylation sites (tertiary alicyclic amines) is 1. The lowest BCUT2D eigenvalue weighted by atomic mass is 9.97. The molecule has 1 heterocycles. The molecule has 0 aliphatic carbocycles. The van der Waals surface area contributed by atoms with E-state index in [9.17, 15) is 0 Å². The second kappa shape index (κ2) is 5.17. The van der Waals surface area contributed by atoms with Gasteiger partial charge in [-0.25, -0.2) is 0 Å². The number of rotatable bonds is 3. The highest BCUT2D eigenvalue weighted by Crippen LogP contribution is 2.16. The third kappa shape index (κ3) is 3.24. The molecule has 0 saturated carbocycles. The van der Waals surface area contributed by atoms with Gasteiger partial charge in [-0.15, -0.1) is 0 Å². The smallest absolute Gasteiger partial charge is 0.0340 e. The Hall–Kier alpha value is -1.02. The Morgan fingerprint density at radius 1 is 1.20 bits per heavy atom. The monoisotopic (exact) mass is 204 g/mol. The fourth-order valence-electron chi connectivity index (χ4n) is 2.08. The maximum atomic E-state index is 3.51. The summed E-state index contributed by atoms with van der Waals surface area (Å²) in [5.74, 6) is 0.849. The van der Waals surface area contributed by atoms with Gasteiger partial charge in [0, 0.05) is 12.2 Å². The van der Waals surface area contributed by atoms with Crippen molar-refractivity contribution < 1.29 is 0 Å². The normalized spacial score (nSPS) is 19.0. The molecule has 15 heavy (non-hydrogen) atoms. The Labute approximate surface area is 92.3 Å². The quantitative estimate of drug-likeness (QED) is 0.813. The van der Waals surface area contributed by atoms with Gasteiger partial charge in [0.2, 0.25) is 0 Å². The van der Waals surface area contributed by atoms with Crippen molar-refractivity contribution in [1.29, 1.82) is 0 Å². The molecule has 2 heteroatoms. The van der Waals surface area contributed by atoms with Crippen molar-refractivity contribution in [3.63, 3.8) is 0 Å². The van der Waals surface area contributed by atoms with E-state index in [1.807, 2.05) is 0 Å². The first-order chi connectivity index (χ1) is 7.34. The van der Waals surface area contributed by atoms with Crippen LogP contribution in [0.2, 0.25) is 0 Å². The Balaban J connectivity index is 1.74. The van der Waals surface area contributed by atoms with Crippen LogP contribution in [0.25, 0.3) is 0 Å². The molecule has 0 atom stereocenters. The Morgan fingerprint density at radius 2 is 1.87 bits per heavy atom. The minimum absolute atomic E-state index is 0.849. The zero-order valence-corrected chi connectivity index (χ0v) is 9.45. The van der Waals surface area contributed by atoms with Crippen LogP contribution in [0.15, 0.2) is 30.3 Å². The molecule has 1 aliphatic rings. The zero-order valence-electron chi connectivity index (χ0n) is 9.45. The van der Waals surface area contributed by atoms with Crippen molar-refractivity contribution in [3.8, 4) is 0 Å². The number of benzene rings is 1. The van der Waals surface area contributed by atoms with E-state index in [1.54, 1.807) is 0 Å². The Kier molecular flexibility index (Phi) is 3.62. The second-order valence-electron chi connectivity index (χ2n) is 4.49. The van der Waals surface area contributed by atoms with E-state index in [0.717, 1.165) is 12.5 Å². The molecule has 2 nitrogen and oxygen atoms in total. The molecule has 2 rings (SSSR count). The number of nitrogens with zero attached hydrogens (tertiary/aromatic N) is 1. The van der Waals surface area contributed by atoms with E-state index in [1.165, 1.54) is 31.6 Å². The fraction of sp³-hybridized carbons (Fsp3) is 0.538. The third-order valence-electron chi connectivity index (χ3n) is 3.21. The van der Waals surface area contributed by atoms with Gasteiger partial charge in [0.15, 0.2) is 0 Å². The molecular weight excluding hydrogens is 184 g/mol. The summed E-state index contributed by atoms with van der Waals surface area (Å²) in [6, 6.07) is 10.5. The minimum Gasteiger partial charge on any atom is -0.385 e. The number of piperidine rings is 1. The van der Waals surface area contributed by atoms with Crippen LogP contribution >= 0.6 is 0 Å². The van der Waals surface area contributed by atoms with E-state index in [0.29, 0.717) is 0 Å². The Morgan fingerprint density at radius 3 is 2.53 bits per heavy atom. The Bertz CT molecular complexity index is 276. The van der Waals surface area contributed by atoms with Crippen LogP contribution < -0.4 is 5.32 Å². The predicted molar refractivity (Wildman–Crippen MR) is 65.2 cm³/mol. The highest BCUT2D eigenvalue weighted by atomic mass is 15.1. The van der Waals surface area contributed by atoms with E-state index >= 15 is 0 Å². The average molecular weight is 204 g/mol. The van der Waals surface area contributed by atoms with Gasteiger partial charge in [0.25, 0.3) is 0 Å². The van der Waals surface area contributed by atoms with Gasteiger partial charge in [-0.2, -0.15) is 0 Å². The molecule has 0 unspecified atom stereocenters. The van der Waals surface area contributed by atoms with Gasteiger partial charge >= 0.3 is 0 Å². The molecule has 1 aromatic rings. The number of hydrogen-bond acceptors (Lipinski definition) is 2. The van der Waals surface area contributed by atoms with E-state index in [4.69, 9.17) is 0 Å². The molecule has 0 amide bonds. The van der Waals surface area contributed by atoms with Gasteiger partial charge in [0.1, 0.15) is 0 Å². The maximum absolute atomic E-state index is 3.51. The van der Waals surface area contributed by atoms with Crippen LogP contribution in [0, 0.1) is 5.92 Å². The molecule has 82 valence electrons. The molecular formula is C13H20N2. The lowest BCUT2D eigenvalue weighted by molar-refractivity contribution is 0.226. The molecule has 1 aliphatic heterocycles. The summed E-state index contributed by atoms with van der Waals surface area (Å²) in [6.45, 7) is 3.63. The first-order valence-corrected chi connectivity index (χ1v) is 5.82. The van der Waals surface area contributed by atoms with E-state index in [2.05, 4.69) is 47.6 Å². The molecule has 1 fully saturated rings. The number of para-hydroxylation sites is 1. The van der Waals surface area contributed by atoms with Crippen molar-refractivity contribution in [2.24, 2.45) is 5.92 Å². The molecule has 0 bridgehead atoms. The molecule has 0 spiro atoms. The predicted octanol–water partition coefficient (Wildman–Crippen LogP) is 2.44. The summed E-state index contributed by atoms with van der Waals surface area (Å²) in [5, 5.41) is 3.51. The number of anilines is 1. The first-order valence-electron chi connectivity index (χ1n) is 5.82. The lowest BCUT2D eigenvalue weighted by Crippen LogP contribution is -2.32. The van der Waals surface area contributed by atoms with E-state index < -0.39 is 0 Å². The van der Waals surface area contributed by atoms with Crippen LogP contribution in [-0.2, 0) is 0 Å². The van der Waals surface area contributed by atoms with Crippen LogP contribution in [0.4, 0.5) is 5.69 Å². The van der Waals surface area contributed by atoms with Gasteiger partial charge in [-0.1, -0.05) is 18.2 Å². The summed E-state index contributed by atoms with van der Waals surface area (Å²) < 4.78 is 0. The number of nitrogens with one attached hydrogen (secondary N) is 1. The summed E-state index contributed by atoms with van der Waals surface area (Å²) >= 11 is 0.